The van der Waals surface area contributed by atoms with Gasteiger partial charge in [-0.3, -0.25) is 10.1 Å². The van der Waals surface area contributed by atoms with Gasteiger partial charge >= 0.3 is 12.1 Å². The quantitative estimate of drug-likeness (QED) is 0.832. The van der Waals surface area contributed by atoms with Gasteiger partial charge in [0, 0.05) is 12.1 Å². The molecular formula is C10H5Cl3F3NO3. The van der Waals surface area contributed by atoms with Crippen LogP contribution in [-0.4, -0.2) is 23.9 Å². The number of fused-ring (bicyclic) bond motifs is 1. The third-order valence-electron chi connectivity index (χ3n) is 2.29. The molecule has 1 aromatic carbocycles. The monoisotopic (exact) mass is 349 g/mol. The standard InChI is InChI=1S/C10H5Cl3F3NO3/c11-3-8(18)17-10(9(14,15)16)19-6-1-4(12)5(13)2-7(6)20-10/h1-2H,3H2,(H,17,18). The first kappa shape index (κ1) is 15.3. The Morgan fingerprint density at radius 2 is 1.65 bits per heavy atom. The number of ether oxygens (including phenoxy) is 2. The minimum absolute atomic E-state index is 0.0179. The molecule has 0 aromatic heterocycles. The van der Waals surface area contributed by atoms with Gasteiger partial charge < -0.3 is 9.47 Å². The fourth-order valence-electron chi connectivity index (χ4n) is 1.45. The van der Waals surface area contributed by atoms with Crippen molar-refractivity contribution in [1.29, 1.82) is 0 Å². The second-order valence-electron chi connectivity index (χ2n) is 3.71. The van der Waals surface area contributed by atoms with E-state index in [9.17, 15) is 18.0 Å². The molecule has 1 aromatic rings. The summed E-state index contributed by atoms with van der Waals surface area (Å²) < 4.78 is 48.7. The van der Waals surface area contributed by atoms with Crippen molar-refractivity contribution in [2.75, 3.05) is 5.88 Å². The lowest BCUT2D eigenvalue weighted by Crippen LogP contribution is -2.65. The summed E-state index contributed by atoms with van der Waals surface area (Å²) in [4.78, 5) is 11.1. The first-order chi connectivity index (χ1) is 9.18. The molecule has 4 nitrogen and oxygen atoms in total. The Morgan fingerprint density at radius 1 is 1.20 bits per heavy atom. The average molecular weight is 351 g/mol. The molecule has 1 aliphatic rings. The van der Waals surface area contributed by atoms with Gasteiger partial charge in [0.15, 0.2) is 11.5 Å². The van der Waals surface area contributed by atoms with Gasteiger partial charge in [-0.2, -0.15) is 13.2 Å². The minimum Gasteiger partial charge on any atom is -0.424 e. The van der Waals surface area contributed by atoms with E-state index >= 15 is 0 Å². The summed E-state index contributed by atoms with van der Waals surface area (Å²) >= 11 is 16.5. The van der Waals surface area contributed by atoms with Crippen LogP contribution in [0.2, 0.25) is 10.0 Å². The molecule has 0 fully saturated rings. The predicted octanol–water partition coefficient (Wildman–Crippen LogP) is 3.34. The lowest BCUT2D eigenvalue weighted by Gasteiger charge is -2.29. The number of alkyl halides is 4. The van der Waals surface area contributed by atoms with Crippen LogP contribution < -0.4 is 14.8 Å². The van der Waals surface area contributed by atoms with Crippen LogP contribution >= 0.6 is 34.8 Å². The lowest BCUT2D eigenvalue weighted by atomic mass is 10.3. The molecule has 1 heterocycles. The molecule has 0 atom stereocenters. The highest BCUT2D eigenvalue weighted by atomic mass is 35.5. The largest absolute Gasteiger partial charge is 0.492 e. The number of benzene rings is 1. The van der Waals surface area contributed by atoms with Gasteiger partial charge in [0.25, 0.3) is 0 Å². The number of carbonyl (C=O) groups is 1. The average Bonchev–Trinajstić information content (AvgIpc) is 2.67. The van der Waals surface area contributed by atoms with Crippen molar-refractivity contribution in [1.82, 2.24) is 5.32 Å². The highest BCUT2D eigenvalue weighted by molar-refractivity contribution is 6.42. The van der Waals surface area contributed by atoms with Gasteiger partial charge in [-0.1, -0.05) is 23.2 Å². The topological polar surface area (TPSA) is 47.6 Å². The van der Waals surface area contributed by atoms with Gasteiger partial charge in [-0.15, -0.1) is 11.6 Å². The van der Waals surface area contributed by atoms with E-state index < -0.39 is 23.9 Å². The van der Waals surface area contributed by atoms with Gasteiger partial charge in [0.05, 0.1) is 10.0 Å². The Kier molecular flexibility index (Phi) is 3.88. The minimum atomic E-state index is -5.05. The Hall–Kier alpha value is -1.05. The summed E-state index contributed by atoms with van der Waals surface area (Å²) in [6.45, 7) is 0. The van der Waals surface area contributed by atoms with Gasteiger partial charge in [-0.05, 0) is 0 Å². The van der Waals surface area contributed by atoms with E-state index in [-0.39, 0.29) is 21.5 Å². The molecule has 1 aliphatic heterocycles. The van der Waals surface area contributed by atoms with Crippen molar-refractivity contribution < 1.29 is 27.4 Å². The van der Waals surface area contributed by atoms with Gasteiger partial charge in [0.2, 0.25) is 5.91 Å². The highest BCUT2D eigenvalue weighted by Crippen LogP contribution is 2.47. The Bertz CT molecular complexity index is 534. The molecule has 0 spiro atoms. The summed E-state index contributed by atoms with van der Waals surface area (Å²) in [5.41, 5.74) is 0. The van der Waals surface area contributed by atoms with E-state index in [1.54, 1.807) is 5.32 Å². The van der Waals surface area contributed by atoms with Crippen LogP contribution in [0.15, 0.2) is 12.1 Å². The molecule has 2 rings (SSSR count). The van der Waals surface area contributed by atoms with Crippen LogP contribution in [-0.2, 0) is 4.79 Å². The Labute approximate surface area is 125 Å². The second kappa shape index (κ2) is 5.05. The van der Waals surface area contributed by atoms with Crippen LogP contribution in [0.4, 0.5) is 13.2 Å². The summed E-state index contributed by atoms with van der Waals surface area (Å²) in [5, 5.41) is 1.51. The Balaban J connectivity index is 2.41. The number of hydrogen-bond acceptors (Lipinski definition) is 3. The molecule has 10 heteroatoms. The summed E-state index contributed by atoms with van der Waals surface area (Å²) in [6, 6.07) is 2.11. The van der Waals surface area contributed by atoms with Crippen molar-refractivity contribution >= 4 is 40.7 Å². The van der Waals surface area contributed by atoms with Crippen molar-refractivity contribution in [3.8, 4) is 11.5 Å². The molecule has 0 radical (unpaired) electrons. The van der Waals surface area contributed by atoms with E-state index in [1.807, 2.05) is 0 Å². The highest BCUT2D eigenvalue weighted by Gasteiger charge is 2.65. The van der Waals surface area contributed by atoms with Gasteiger partial charge in [0.1, 0.15) is 5.88 Å². The lowest BCUT2D eigenvalue weighted by molar-refractivity contribution is -0.319. The van der Waals surface area contributed by atoms with Crippen molar-refractivity contribution in [3.63, 3.8) is 0 Å². The smallest absolute Gasteiger partial charge is 0.424 e. The molecule has 1 amide bonds. The van der Waals surface area contributed by atoms with Crippen molar-refractivity contribution in [2.24, 2.45) is 0 Å². The molecular weight excluding hydrogens is 345 g/mol. The number of carbonyl (C=O) groups excluding carboxylic acids is 1. The molecule has 0 bridgehead atoms. The number of halogens is 6. The maximum Gasteiger partial charge on any atom is 0.492 e. The van der Waals surface area contributed by atoms with E-state index in [1.165, 1.54) is 0 Å². The van der Waals surface area contributed by atoms with E-state index in [0.29, 0.717) is 0 Å². The molecule has 20 heavy (non-hydrogen) atoms. The van der Waals surface area contributed by atoms with Crippen molar-refractivity contribution in [3.05, 3.63) is 22.2 Å². The fourth-order valence-corrected chi connectivity index (χ4v) is 1.83. The van der Waals surface area contributed by atoms with E-state index in [4.69, 9.17) is 34.8 Å². The maximum atomic E-state index is 13.1. The molecule has 0 saturated carbocycles. The molecule has 0 aliphatic carbocycles. The van der Waals surface area contributed by atoms with Crippen LogP contribution in [0.25, 0.3) is 0 Å². The summed E-state index contributed by atoms with van der Waals surface area (Å²) in [6.07, 6.45) is -5.05. The summed E-state index contributed by atoms with van der Waals surface area (Å²) in [5.74, 6) is -5.76. The number of rotatable bonds is 2. The fraction of sp³-hybridized carbons (Fsp3) is 0.300. The van der Waals surface area contributed by atoms with Crippen LogP contribution in [0.3, 0.4) is 0 Å². The molecule has 1 N–H and O–H groups in total. The zero-order valence-corrected chi connectivity index (χ0v) is 11.6. The summed E-state index contributed by atoms with van der Waals surface area (Å²) in [7, 11) is 0. The van der Waals surface area contributed by atoms with Crippen LogP contribution in [0.5, 0.6) is 11.5 Å². The maximum absolute atomic E-state index is 13.1. The second-order valence-corrected chi connectivity index (χ2v) is 4.79. The number of amides is 1. The Morgan fingerprint density at radius 3 is 2.00 bits per heavy atom. The zero-order valence-electron chi connectivity index (χ0n) is 9.35. The van der Waals surface area contributed by atoms with Gasteiger partial charge in [-0.25, -0.2) is 0 Å². The molecule has 110 valence electrons. The number of hydrogen-bond donors (Lipinski definition) is 1. The molecule has 0 unspecified atom stereocenters. The van der Waals surface area contributed by atoms with Crippen molar-refractivity contribution in [2.45, 2.75) is 12.1 Å². The first-order valence-electron chi connectivity index (χ1n) is 4.99. The van der Waals surface area contributed by atoms with Crippen LogP contribution in [0.1, 0.15) is 0 Å². The predicted molar refractivity (Wildman–Crippen MR) is 65.4 cm³/mol. The van der Waals surface area contributed by atoms with Crippen LogP contribution in [0, 0.1) is 0 Å². The molecule has 0 saturated heterocycles. The third-order valence-corrected chi connectivity index (χ3v) is 3.26. The SMILES string of the molecule is O=C(CCl)NC1(C(F)(F)F)Oc2cc(Cl)c(Cl)cc2O1. The number of nitrogens with one attached hydrogen (secondary N) is 1. The van der Waals surface area contributed by atoms with E-state index in [2.05, 4.69) is 9.47 Å². The normalized spacial score (nSPS) is 16.1. The van der Waals surface area contributed by atoms with E-state index in [0.717, 1.165) is 12.1 Å². The third kappa shape index (κ3) is 2.57. The zero-order chi connectivity index (χ0) is 15.1. The first-order valence-corrected chi connectivity index (χ1v) is 6.28.